The molecule has 4 heterocycles. The molecule has 5 rings (SSSR count). The molecule has 0 radical (unpaired) electrons. The Bertz CT molecular complexity index is 1970. The number of fused-ring (bicyclic) bond motifs is 2. The summed E-state index contributed by atoms with van der Waals surface area (Å²) in [6, 6.07) is 7.30. The van der Waals surface area contributed by atoms with Crippen molar-refractivity contribution in [3.63, 3.8) is 0 Å². The van der Waals surface area contributed by atoms with Crippen LogP contribution < -0.4 is 16.0 Å². The number of thiophene rings is 1. The maximum atomic E-state index is 14.2. The van der Waals surface area contributed by atoms with Crippen LogP contribution in [0.25, 0.3) is 37.2 Å². The third-order valence-electron chi connectivity index (χ3n) is 6.68. The van der Waals surface area contributed by atoms with Gasteiger partial charge in [-0.15, -0.1) is 11.3 Å². The topological polar surface area (TPSA) is 117 Å². The van der Waals surface area contributed by atoms with Crippen molar-refractivity contribution in [1.82, 2.24) is 23.9 Å². The number of hydrogen-bond acceptors (Lipinski definition) is 8. The highest BCUT2D eigenvalue weighted by atomic mass is 35.5. The van der Waals surface area contributed by atoms with E-state index in [0.717, 1.165) is 28.0 Å². The maximum Gasteiger partial charge on any atom is 0.336 e. The Kier molecular flexibility index (Phi) is 8.34. The minimum atomic E-state index is -1.25. The average Bonchev–Trinajstić information content (AvgIpc) is 3.56. The number of ether oxygens (including phenoxy) is 2. The fraction of sp³-hybridized carbons (Fsp3) is 0.321. The van der Waals surface area contributed by atoms with Crippen molar-refractivity contribution in [2.75, 3.05) is 13.7 Å². The lowest BCUT2D eigenvalue weighted by Crippen LogP contribution is -2.38. The number of rotatable bonds is 10. The monoisotopic (exact) mass is 626 g/mol. The summed E-state index contributed by atoms with van der Waals surface area (Å²) in [5, 5.41) is 14.6. The lowest BCUT2D eigenvalue weighted by Gasteiger charge is -2.15. The van der Waals surface area contributed by atoms with Crippen LogP contribution in [0.5, 0.6) is 5.75 Å². The number of hydrogen-bond donors (Lipinski definition) is 0. The summed E-state index contributed by atoms with van der Waals surface area (Å²) in [5.41, 5.74) is 0.208. The third kappa shape index (κ3) is 5.75. The predicted octanol–water partition coefficient (Wildman–Crippen LogP) is 5.65. The molecule has 10 nitrogen and oxygen atoms in total. The van der Waals surface area contributed by atoms with Gasteiger partial charge in [0.1, 0.15) is 22.6 Å². The number of nitriles is 1. The van der Waals surface area contributed by atoms with Crippen LogP contribution in [0.3, 0.4) is 0 Å². The Morgan fingerprint density at radius 3 is 2.69 bits per heavy atom. The molecule has 14 heteroatoms. The van der Waals surface area contributed by atoms with E-state index in [9.17, 15) is 19.2 Å². The second-order valence-corrected chi connectivity index (χ2v) is 18.0. The van der Waals surface area contributed by atoms with E-state index in [0.29, 0.717) is 33.5 Å². The molecule has 0 fully saturated rings. The largest absolute Gasteiger partial charge is 0.494 e. The van der Waals surface area contributed by atoms with Gasteiger partial charge in [-0.2, -0.15) is 10.4 Å². The minimum absolute atomic E-state index is 0.0102. The summed E-state index contributed by atoms with van der Waals surface area (Å²) in [4.78, 5) is 32.6. The molecule has 4 aromatic heterocycles. The summed E-state index contributed by atoms with van der Waals surface area (Å²) in [6.45, 7) is 7.70. The van der Waals surface area contributed by atoms with Crippen LogP contribution in [0.4, 0.5) is 4.39 Å². The molecule has 42 heavy (non-hydrogen) atoms. The van der Waals surface area contributed by atoms with Crippen molar-refractivity contribution in [3.05, 3.63) is 68.5 Å². The van der Waals surface area contributed by atoms with Gasteiger partial charge in [0.2, 0.25) is 0 Å². The van der Waals surface area contributed by atoms with Gasteiger partial charge in [-0.1, -0.05) is 31.2 Å². The smallest absolute Gasteiger partial charge is 0.336 e. The van der Waals surface area contributed by atoms with Crippen molar-refractivity contribution in [2.24, 2.45) is 0 Å². The minimum Gasteiger partial charge on any atom is -0.494 e. The van der Waals surface area contributed by atoms with Gasteiger partial charge in [-0.05, 0) is 24.2 Å². The van der Waals surface area contributed by atoms with Gasteiger partial charge < -0.3 is 9.47 Å². The Hall–Kier alpha value is -3.83. The van der Waals surface area contributed by atoms with Crippen LogP contribution in [0, 0.1) is 17.1 Å². The van der Waals surface area contributed by atoms with Gasteiger partial charge in [-0.3, -0.25) is 14.3 Å². The van der Waals surface area contributed by atoms with Crippen LogP contribution in [0.15, 0.2) is 46.4 Å². The first kappa shape index (κ1) is 29.7. The highest BCUT2D eigenvalue weighted by Gasteiger charge is 2.22. The Morgan fingerprint density at radius 1 is 1.19 bits per heavy atom. The molecule has 0 unspecified atom stereocenters. The number of aryl methyl sites for hydroxylation is 1. The Morgan fingerprint density at radius 2 is 1.98 bits per heavy atom. The fourth-order valence-corrected chi connectivity index (χ4v) is 6.68. The summed E-state index contributed by atoms with van der Waals surface area (Å²) in [5.74, 6) is -0.633. The highest BCUT2D eigenvalue weighted by Crippen LogP contribution is 2.39. The number of aromatic nitrogens is 5. The molecular weight excluding hydrogens is 599 g/mol. The zero-order valence-corrected chi connectivity index (χ0v) is 26.1. The quantitative estimate of drug-likeness (QED) is 0.145. The van der Waals surface area contributed by atoms with E-state index in [1.807, 2.05) is 0 Å². The zero-order valence-electron chi connectivity index (χ0n) is 23.5. The van der Waals surface area contributed by atoms with Crippen molar-refractivity contribution in [2.45, 2.75) is 45.4 Å². The van der Waals surface area contributed by atoms with Crippen LogP contribution in [0.2, 0.25) is 30.7 Å². The maximum absolute atomic E-state index is 14.2. The van der Waals surface area contributed by atoms with Gasteiger partial charge in [0.25, 0.3) is 5.56 Å². The van der Waals surface area contributed by atoms with Gasteiger partial charge in [-0.25, -0.2) is 18.4 Å². The van der Waals surface area contributed by atoms with E-state index in [1.54, 1.807) is 23.1 Å². The number of methoxy groups -OCH3 is 1. The van der Waals surface area contributed by atoms with E-state index >= 15 is 0 Å². The lowest BCUT2D eigenvalue weighted by atomic mass is 10.1. The standard InChI is InChI=1S/C28H28ClFN6O4SSi/c1-39-23-10-18(19(29)11-20(23)30)24-12-21-26(41-24)27(37)36(28(38)35(21)7-5-6-31)22-14-32-13-17-15-34(33-25(17)22)16-40-8-9-42(2,3)4/h10-15H,5,7-9,16H2,1-4H3. The molecule has 218 valence electrons. The van der Waals surface area contributed by atoms with Crippen LogP contribution >= 0.6 is 22.9 Å². The SMILES string of the molecule is COc1cc(-c2cc3c(s2)c(=O)n(-c2cncc4cn(COCC[Si](C)(C)C)nc24)c(=O)n3CCC#N)c(Cl)cc1F. The van der Waals surface area contributed by atoms with Gasteiger partial charge in [0, 0.05) is 49.4 Å². The summed E-state index contributed by atoms with van der Waals surface area (Å²) in [7, 11) is 0.0916. The number of halogens is 2. The van der Waals surface area contributed by atoms with E-state index in [2.05, 4.69) is 35.8 Å². The first-order valence-corrected chi connectivity index (χ1v) is 18.0. The van der Waals surface area contributed by atoms with Crippen molar-refractivity contribution >= 4 is 52.1 Å². The van der Waals surface area contributed by atoms with Crippen LogP contribution in [-0.2, 0) is 18.0 Å². The molecule has 0 aliphatic rings. The molecule has 0 saturated carbocycles. The molecule has 0 bridgehead atoms. The molecule has 0 N–H and O–H groups in total. The molecule has 0 atom stereocenters. The highest BCUT2D eigenvalue weighted by molar-refractivity contribution is 7.22. The van der Waals surface area contributed by atoms with Crippen molar-refractivity contribution < 1.29 is 13.9 Å². The Balaban J connectivity index is 1.65. The summed E-state index contributed by atoms with van der Waals surface area (Å²) in [6.07, 6.45) is 4.82. The van der Waals surface area contributed by atoms with E-state index in [-0.39, 0.29) is 40.9 Å². The molecule has 5 aromatic rings. The normalized spacial score (nSPS) is 11.8. The molecule has 0 amide bonds. The zero-order chi connectivity index (χ0) is 30.2. The Labute approximate surface area is 250 Å². The molecule has 0 aliphatic heterocycles. The van der Waals surface area contributed by atoms with E-state index < -0.39 is 25.1 Å². The number of nitrogens with zero attached hydrogens (tertiary/aromatic N) is 6. The van der Waals surface area contributed by atoms with Crippen molar-refractivity contribution in [1.29, 1.82) is 5.26 Å². The molecule has 0 saturated heterocycles. The molecule has 0 spiro atoms. The third-order valence-corrected chi connectivity index (χ3v) is 9.84. The molecular formula is C28H28ClFN6O4SSi. The molecule has 1 aromatic carbocycles. The number of benzene rings is 1. The summed E-state index contributed by atoms with van der Waals surface area (Å²) >= 11 is 7.47. The first-order valence-electron chi connectivity index (χ1n) is 13.1. The number of pyridine rings is 1. The first-order chi connectivity index (χ1) is 20.0. The predicted molar refractivity (Wildman–Crippen MR) is 164 cm³/mol. The second-order valence-electron chi connectivity index (χ2n) is 10.9. The average molecular weight is 627 g/mol. The van der Waals surface area contributed by atoms with E-state index in [4.69, 9.17) is 21.1 Å². The lowest BCUT2D eigenvalue weighted by molar-refractivity contribution is 0.0791. The molecule has 0 aliphatic carbocycles. The van der Waals surface area contributed by atoms with Gasteiger partial charge in [0.05, 0.1) is 36.3 Å². The van der Waals surface area contributed by atoms with Gasteiger partial charge in [0.15, 0.2) is 11.6 Å². The van der Waals surface area contributed by atoms with Crippen LogP contribution in [0.1, 0.15) is 6.42 Å². The fourth-order valence-electron chi connectivity index (χ4n) is 4.49. The summed E-state index contributed by atoms with van der Waals surface area (Å²) < 4.78 is 29.4. The van der Waals surface area contributed by atoms with Crippen molar-refractivity contribution in [3.8, 4) is 27.9 Å². The van der Waals surface area contributed by atoms with E-state index in [1.165, 1.54) is 23.9 Å². The van der Waals surface area contributed by atoms with Crippen LogP contribution in [-0.4, -0.2) is 45.7 Å². The second kappa shape index (κ2) is 11.8. The van der Waals surface area contributed by atoms with Gasteiger partial charge >= 0.3 is 5.69 Å².